The zero-order chi connectivity index (χ0) is 18.4. The van der Waals surface area contributed by atoms with Gasteiger partial charge in [0.15, 0.2) is 0 Å². The predicted octanol–water partition coefficient (Wildman–Crippen LogP) is 3.67. The number of nitro groups is 1. The van der Waals surface area contributed by atoms with Crippen LogP contribution in [0.15, 0.2) is 53.4 Å². The van der Waals surface area contributed by atoms with Crippen LogP contribution in [0.1, 0.15) is 13.8 Å². The highest BCUT2D eigenvalue weighted by molar-refractivity contribution is 8.00. The maximum Gasteiger partial charge on any atom is 0.269 e. The Bertz CT molecular complexity index is 793. The molecule has 0 aromatic heterocycles. The van der Waals surface area contributed by atoms with Crippen LogP contribution in [-0.2, 0) is 9.59 Å². The van der Waals surface area contributed by atoms with Crippen LogP contribution >= 0.6 is 11.8 Å². The molecule has 0 bridgehead atoms. The van der Waals surface area contributed by atoms with Gasteiger partial charge in [0.1, 0.15) is 0 Å². The summed E-state index contributed by atoms with van der Waals surface area (Å²) in [6.07, 6.45) is 0. The van der Waals surface area contributed by atoms with Crippen LogP contribution in [-0.4, -0.2) is 22.0 Å². The molecule has 8 heteroatoms. The van der Waals surface area contributed by atoms with Crippen LogP contribution in [0.5, 0.6) is 0 Å². The molecule has 0 aliphatic rings. The quantitative estimate of drug-likeness (QED) is 0.465. The van der Waals surface area contributed by atoms with Gasteiger partial charge in [0.2, 0.25) is 11.8 Å². The van der Waals surface area contributed by atoms with Crippen molar-refractivity contribution < 1.29 is 14.5 Å². The van der Waals surface area contributed by atoms with Crippen LogP contribution in [0.2, 0.25) is 0 Å². The molecule has 0 saturated heterocycles. The normalized spacial score (nSPS) is 11.4. The third kappa shape index (κ3) is 5.61. The number of hydrogen-bond donors (Lipinski definition) is 2. The van der Waals surface area contributed by atoms with Gasteiger partial charge in [-0.25, -0.2) is 0 Å². The zero-order valence-corrected chi connectivity index (χ0v) is 14.5. The van der Waals surface area contributed by atoms with Gasteiger partial charge in [-0.2, -0.15) is 0 Å². The fourth-order valence-electron chi connectivity index (χ4n) is 2.02. The molecule has 0 heterocycles. The Morgan fingerprint density at radius 3 is 2.36 bits per heavy atom. The van der Waals surface area contributed by atoms with Gasteiger partial charge < -0.3 is 10.6 Å². The molecule has 1 atom stereocenters. The Kier molecular flexibility index (Phi) is 6.13. The summed E-state index contributed by atoms with van der Waals surface area (Å²) in [7, 11) is 0. The molecule has 7 nitrogen and oxygen atoms in total. The Labute approximate surface area is 149 Å². The summed E-state index contributed by atoms with van der Waals surface area (Å²) in [5.41, 5.74) is 1.13. The van der Waals surface area contributed by atoms with Crippen molar-refractivity contribution in [2.24, 2.45) is 0 Å². The van der Waals surface area contributed by atoms with Crippen molar-refractivity contribution in [3.05, 3.63) is 58.6 Å². The van der Waals surface area contributed by atoms with E-state index in [1.165, 1.54) is 43.0 Å². The minimum Gasteiger partial charge on any atom is -0.326 e. The number of nitro benzene ring substituents is 1. The van der Waals surface area contributed by atoms with E-state index in [-0.39, 0.29) is 22.8 Å². The van der Waals surface area contributed by atoms with Crippen LogP contribution in [0.4, 0.5) is 17.1 Å². The summed E-state index contributed by atoms with van der Waals surface area (Å²) >= 11 is 1.35. The Morgan fingerprint density at radius 2 is 1.76 bits per heavy atom. The van der Waals surface area contributed by atoms with Crippen molar-refractivity contribution in [1.82, 2.24) is 0 Å². The van der Waals surface area contributed by atoms with Crippen molar-refractivity contribution in [1.29, 1.82) is 0 Å². The fourth-order valence-corrected chi connectivity index (χ4v) is 2.94. The topological polar surface area (TPSA) is 101 Å². The summed E-state index contributed by atoms with van der Waals surface area (Å²) < 4.78 is 0. The van der Waals surface area contributed by atoms with Gasteiger partial charge in [0.25, 0.3) is 5.69 Å². The minimum absolute atomic E-state index is 0.0322. The molecule has 130 valence electrons. The first kappa shape index (κ1) is 18.5. The van der Waals surface area contributed by atoms with Crippen LogP contribution < -0.4 is 10.6 Å². The number of rotatable bonds is 6. The number of carbonyl (C=O) groups is 2. The maximum atomic E-state index is 12.3. The third-order valence-electron chi connectivity index (χ3n) is 3.18. The molecule has 0 radical (unpaired) electrons. The molecule has 0 spiro atoms. The van der Waals surface area contributed by atoms with Crippen LogP contribution in [0, 0.1) is 10.1 Å². The smallest absolute Gasteiger partial charge is 0.269 e. The highest BCUT2D eigenvalue weighted by atomic mass is 32.2. The molecule has 0 aliphatic heterocycles. The lowest BCUT2D eigenvalue weighted by molar-refractivity contribution is -0.384. The number of nitrogens with one attached hydrogen (secondary N) is 2. The van der Waals surface area contributed by atoms with Gasteiger partial charge in [-0.05, 0) is 37.3 Å². The fraction of sp³-hybridized carbons (Fsp3) is 0.176. The van der Waals surface area contributed by atoms with Gasteiger partial charge >= 0.3 is 0 Å². The molecule has 2 amide bonds. The number of thioether (sulfide) groups is 1. The number of anilines is 2. The summed E-state index contributed by atoms with van der Waals surface area (Å²) in [4.78, 5) is 34.3. The number of amides is 2. The second kappa shape index (κ2) is 8.29. The SMILES string of the molecule is CC(=O)Nc1cccc(SC(C)C(=O)Nc2ccc([N+](=O)[O-])cc2)c1. The number of benzene rings is 2. The molecule has 2 aromatic rings. The van der Waals surface area contributed by atoms with Crippen molar-refractivity contribution in [2.45, 2.75) is 24.0 Å². The van der Waals surface area contributed by atoms with E-state index in [1.807, 2.05) is 6.07 Å². The number of hydrogen-bond acceptors (Lipinski definition) is 5. The Morgan fingerprint density at radius 1 is 1.08 bits per heavy atom. The van der Waals surface area contributed by atoms with E-state index in [9.17, 15) is 19.7 Å². The maximum absolute atomic E-state index is 12.3. The highest BCUT2D eigenvalue weighted by Crippen LogP contribution is 2.27. The summed E-state index contributed by atoms with van der Waals surface area (Å²) in [6, 6.07) is 12.9. The first-order valence-electron chi connectivity index (χ1n) is 7.45. The molecule has 0 fully saturated rings. The van der Waals surface area contributed by atoms with Crippen LogP contribution in [0.25, 0.3) is 0 Å². The van der Waals surface area contributed by atoms with Crippen molar-refractivity contribution in [3.8, 4) is 0 Å². The molecule has 25 heavy (non-hydrogen) atoms. The van der Waals surface area contributed by atoms with E-state index in [0.717, 1.165) is 4.90 Å². The lowest BCUT2D eigenvalue weighted by Crippen LogP contribution is -2.22. The van der Waals surface area contributed by atoms with Crippen molar-refractivity contribution in [2.75, 3.05) is 10.6 Å². The molecule has 2 aromatic carbocycles. The zero-order valence-electron chi connectivity index (χ0n) is 13.7. The Balaban J connectivity index is 1.98. The van der Waals surface area contributed by atoms with E-state index < -0.39 is 4.92 Å². The Hall–Kier alpha value is -2.87. The van der Waals surface area contributed by atoms with E-state index in [2.05, 4.69) is 10.6 Å². The molecule has 2 N–H and O–H groups in total. The molecular formula is C17H17N3O4S. The van der Waals surface area contributed by atoms with Crippen molar-refractivity contribution in [3.63, 3.8) is 0 Å². The molecule has 2 rings (SSSR count). The van der Waals surface area contributed by atoms with E-state index >= 15 is 0 Å². The van der Waals surface area contributed by atoms with Gasteiger partial charge in [-0.3, -0.25) is 19.7 Å². The van der Waals surface area contributed by atoms with Gasteiger partial charge in [0, 0.05) is 35.3 Å². The average Bonchev–Trinajstić information content (AvgIpc) is 2.55. The lowest BCUT2D eigenvalue weighted by atomic mass is 10.3. The minimum atomic E-state index is -0.494. The first-order valence-corrected chi connectivity index (χ1v) is 8.33. The highest BCUT2D eigenvalue weighted by Gasteiger charge is 2.15. The first-order chi connectivity index (χ1) is 11.8. The monoisotopic (exact) mass is 359 g/mol. The van der Waals surface area contributed by atoms with Crippen LogP contribution in [0.3, 0.4) is 0 Å². The average molecular weight is 359 g/mol. The predicted molar refractivity (Wildman–Crippen MR) is 97.8 cm³/mol. The molecule has 1 unspecified atom stereocenters. The van der Waals surface area contributed by atoms with Gasteiger partial charge in [-0.1, -0.05) is 6.07 Å². The molecule has 0 saturated carbocycles. The number of non-ortho nitro benzene ring substituents is 1. The van der Waals surface area contributed by atoms with E-state index in [4.69, 9.17) is 0 Å². The third-order valence-corrected chi connectivity index (χ3v) is 4.28. The van der Waals surface area contributed by atoms with Crippen molar-refractivity contribution >= 4 is 40.6 Å². The summed E-state index contributed by atoms with van der Waals surface area (Å²) in [6.45, 7) is 3.19. The van der Waals surface area contributed by atoms with Gasteiger partial charge in [-0.15, -0.1) is 11.8 Å². The lowest BCUT2D eigenvalue weighted by Gasteiger charge is -2.13. The molecular weight excluding hydrogens is 342 g/mol. The summed E-state index contributed by atoms with van der Waals surface area (Å²) in [5.74, 6) is -0.380. The van der Waals surface area contributed by atoms with E-state index in [1.54, 1.807) is 25.1 Å². The van der Waals surface area contributed by atoms with E-state index in [0.29, 0.717) is 11.4 Å². The molecule has 0 aliphatic carbocycles. The summed E-state index contributed by atoms with van der Waals surface area (Å²) in [5, 5.41) is 15.7. The van der Waals surface area contributed by atoms with Gasteiger partial charge in [0.05, 0.1) is 10.2 Å². The number of nitrogens with zero attached hydrogens (tertiary/aromatic N) is 1. The second-order valence-electron chi connectivity index (χ2n) is 5.26. The largest absolute Gasteiger partial charge is 0.326 e. The standard InChI is InChI=1S/C17H17N3O4S/c1-11(25-16-5-3-4-14(10-16)18-12(2)21)17(22)19-13-6-8-15(9-7-13)20(23)24/h3-11H,1-2H3,(H,18,21)(H,19,22). The number of carbonyl (C=O) groups excluding carboxylic acids is 2. The second-order valence-corrected chi connectivity index (χ2v) is 6.68.